The van der Waals surface area contributed by atoms with Crippen molar-refractivity contribution in [2.45, 2.75) is 0 Å². The monoisotopic (exact) mass is 482 g/mol. The molecule has 0 fully saturated rings. The number of ketones is 1. The highest BCUT2D eigenvalue weighted by Gasteiger charge is 2.28. The summed E-state index contributed by atoms with van der Waals surface area (Å²) in [5.74, 6) is -3.35. The molecule has 1 amide bonds. The van der Waals surface area contributed by atoms with Crippen molar-refractivity contribution >= 4 is 35.0 Å². The van der Waals surface area contributed by atoms with E-state index in [9.17, 15) is 22.8 Å². The molecule has 4 rings (SSSR count). The Bertz CT molecular complexity index is 1340. The van der Waals surface area contributed by atoms with Gasteiger partial charge >= 0.3 is 6.09 Å². The molecule has 170 valence electrons. The number of aromatic nitrogens is 1. The third-order valence-corrected chi connectivity index (χ3v) is 5.05. The van der Waals surface area contributed by atoms with E-state index in [2.05, 4.69) is 4.98 Å². The van der Waals surface area contributed by atoms with Gasteiger partial charge in [0.05, 0.1) is 5.02 Å². The van der Waals surface area contributed by atoms with Gasteiger partial charge in [0.1, 0.15) is 34.7 Å². The van der Waals surface area contributed by atoms with E-state index >= 15 is 0 Å². The number of nitrogens with zero attached hydrogens (tertiary/aromatic N) is 2. The van der Waals surface area contributed by atoms with Crippen molar-refractivity contribution in [3.05, 3.63) is 119 Å². The second-order valence-corrected chi connectivity index (χ2v) is 7.35. The lowest BCUT2D eigenvalue weighted by Crippen LogP contribution is -2.31. The summed E-state index contributed by atoms with van der Waals surface area (Å²) in [5, 5.41) is 0.245. The standard InChI is InChI=1S/C25H14ClF3N2O3/c26-19-5-2-1-4-18(19)24(32)15-8-13-22(30-14-15)31(23-20(28)6-3-7-21(23)29)25(33)34-17-11-9-16(27)10-12-17/h1-14H. The highest BCUT2D eigenvalue weighted by atomic mass is 35.5. The Morgan fingerprint density at radius 1 is 0.824 bits per heavy atom. The topological polar surface area (TPSA) is 59.5 Å². The minimum Gasteiger partial charge on any atom is -0.410 e. The van der Waals surface area contributed by atoms with Crippen LogP contribution in [0.25, 0.3) is 0 Å². The van der Waals surface area contributed by atoms with E-state index in [4.69, 9.17) is 16.3 Å². The molecule has 0 saturated heterocycles. The number of carbonyl (C=O) groups is 2. The fourth-order valence-corrected chi connectivity index (χ4v) is 3.33. The van der Waals surface area contributed by atoms with Gasteiger partial charge in [-0.15, -0.1) is 0 Å². The second-order valence-electron chi connectivity index (χ2n) is 6.94. The van der Waals surface area contributed by atoms with Gasteiger partial charge in [0, 0.05) is 17.3 Å². The van der Waals surface area contributed by atoms with Gasteiger partial charge in [0.2, 0.25) is 0 Å². The molecule has 0 aliphatic rings. The zero-order chi connectivity index (χ0) is 24.2. The second kappa shape index (κ2) is 9.76. The highest BCUT2D eigenvalue weighted by molar-refractivity contribution is 6.34. The van der Waals surface area contributed by atoms with Crippen LogP contribution in [0.3, 0.4) is 0 Å². The number of hydrogen-bond donors (Lipinski definition) is 0. The molecule has 5 nitrogen and oxygen atoms in total. The SMILES string of the molecule is O=C(c1ccc(N(C(=O)Oc2ccc(F)cc2)c2c(F)cccc2F)nc1)c1ccccc1Cl. The minimum atomic E-state index is -1.20. The summed E-state index contributed by atoms with van der Waals surface area (Å²) >= 11 is 6.08. The van der Waals surface area contributed by atoms with Gasteiger partial charge in [0.15, 0.2) is 5.78 Å². The number of hydrogen-bond acceptors (Lipinski definition) is 4. The summed E-state index contributed by atoms with van der Waals surface area (Å²) in [6, 6.07) is 16.5. The molecular formula is C25H14ClF3N2O3. The normalized spacial score (nSPS) is 10.6. The third-order valence-electron chi connectivity index (χ3n) is 4.72. The van der Waals surface area contributed by atoms with Gasteiger partial charge in [0.25, 0.3) is 0 Å². The third kappa shape index (κ3) is 4.77. The molecule has 1 aromatic heterocycles. The lowest BCUT2D eigenvalue weighted by atomic mass is 10.1. The Hall–Kier alpha value is -4.17. The smallest absolute Gasteiger partial charge is 0.410 e. The number of amides is 1. The zero-order valence-electron chi connectivity index (χ0n) is 17.2. The van der Waals surface area contributed by atoms with Crippen LogP contribution in [-0.4, -0.2) is 16.9 Å². The Morgan fingerprint density at radius 3 is 2.12 bits per heavy atom. The minimum absolute atomic E-state index is 0.0568. The summed E-state index contributed by atoms with van der Waals surface area (Å²) in [6.45, 7) is 0. The van der Waals surface area contributed by atoms with Gasteiger partial charge in [-0.1, -0.05) is 29.8 Å². The molecule has 9 heteroatoms. The first-order valence-electron chi connectivity index (χ1n) is 9.82. The van der Waals surface area contributed by atoms with Crippen molar-refractivity contribution < 1.29 is 27.5 Å². The van der Waals surface area contributed by atoms with Crippen LogP contribution < -0.4 is 9.64 Å². The molecule has 0 unspecified atom stereocenters. The van der Waals surface area contributed by atoms with Crippen LogP contribution in [0.4, 0.5) is 29.5 Å². The van der Waals surface area contributed by atoms with E-state index in [1.54, 1.807) is 24.3 Å². The number of pyridine rings is 1. The summed E-state index contributed by atoms with van der Waals surface area (Å²) < 4.78 is 47.5. The van der Waals surface area contributed by atoms with E-state index in [1.807, 2.05) is 0 Å². The van der Waals surface area contributed by atoms with Crippen LogP contribution in [0.2, 0.25) is 5.02 Å². The Morgan fingerprint density at radius 2 is 1.50 bits per heavy atom. The fourth-order valence-electron chi connectivity index (χ4n) is 3.10. The molecule has 0 N–H and O–H groups in total. The van der Waals surface area contributed by atoms with Crippen LogP contribution in [0.5, 0.6) is 5.75 Å². The first-order valence-corrected chi connectivity index (χ1v) is 10.2. The molecule has 4 aromatic rings. The lowest BCUT2D eigenvalue weighted by Gasteiger charge is -2.22. The highest BCUT2D eigenvalue weighted by Crippen LogP contribution is 2.31. The number of halogens is 4. The van der Waals surface area contributed by atoms with Crippen molar-refractivity contribution in [2.24, 2.45) is 0 Å². The maximum atomic E-state index is 14.6. The Kier molecular flexibility index (Phi) is 6.60. The first kappa shape index (κ1) is 23.0. The van der Waals surface area contributed by atoms with Crippen LogP contribution >= 0.6 is 11.6 Å². The molecule has 34 heavy (non-hydrogen) atoms. The molecule has 0 atom stereocenters. The molecule has 0 radical (unpaired) electrons. The molecule has 1 heterocycles. The number of benzene rings is 3. The fraction of sp³-hybridized carbons (Fsp3) is 0. The maximum absolute atomic E-state index is 14.6. The average molecular weight is 483 g/mol. The maximum Gasteiger partial charge on any atom is 0.425 e. The van der Waals surface area contributed by atoms with Crippen molar-refractivity contribution in [1.82, 2.24) is 4.98 Å². The summed E-state index contributed by atoms with van der Waals surface area (Å²) in [7, 11) is 0. The Balaban J connectivity index is 1.71. The van der Waals surface area contributed by atoms with Crippen LogP contribution in [0.15, 0.2) is 85.1 Å². The predicted molar refractivity (Wildman–Crippen MR) is 120 cm³/mol. The van der Waals surface area contributed by atoms with Crippen LogP contribution in [0, 0.1) is 17.5 Å². The lowest BCUT2D eigenvalue weighted by molar-refractivity contribution is 0.103. The van der Waals surface area contributed by atoms with Crippen molar-refractivity contribution in [2.75, 3.05) is 4.90 Å². The van der Waals surface area contributed by atoms with E-state index < -0.39 is 35.0 Å². The molecule has 0 saturated carbocycles. The molecular weight excluding hydrogens is 469 g/mol. The van der Waals surface area contributed by atoms with Crippen LogP contribution in [0.1, 0.15) is 15.9 Å². The first-order chi connectivity index (χ1) is 16.3. The van der Waals surface area contributed by atoms with Gasteiger partial charge in [-0.25, -0.2) is 27.8 Å². The summed E-state index contributed by atoms with van der Waals surface area (Å²) in [4.78, 5) is 30.3. The van der Waals surface area contributed by atoms with Gasteiger partial charge in [-0.05, 0) is 60.7 Å². The van der Waals surface area contributed by atoms with E-state index in [-0.39, 0.29) is 27.7 Å². The molecule has 3 aromatic carbocycles. The summed E-state index contributed by atoms with van der Waals surface area (Å²) in [5.41, 5.74) is -0.351. The number of anilines is 2. The van der Waals surface area contributed by atoms with Crippen molar-refractivity contribution in [1.29, 1.82) is 0 Å². The number of ether oxygens (including phenoxy) is 1. The molecule has 0 bridgehead atoms. The summed E-state index contributed by atoms with van der Waals surface area (Å²) in [6.07, 6.45) is -0.0499. The number of carbonyl (C=O) groups excluding carboxylic acids is 2. The predicted octanol–water partition coefficient (Wildman–Crippen LogP) is 6.72. The molecule has 0 aliphatic heterocycles. The quantitative estimate of drug-likeness (QED) is 0.296. The van der Waals surface area contributed by atoms with Crippen molar-refractivity contribution in [3.63, 3.8) is 0 Å². The van der Waals surface area contributed by atoms with E-state index in [0.29, 0.717) is 4.90 Å². The zero-order valence-corrected chi connectivity index (χ0v) is 18.0. The van der Waals surface area contributed by atoms with Crippen LogP contribution in [-0.2, 0) is 0 Å². The number of para-hydroxylation sites is 1. The average Bonchev–Trinajstić information content (AvgIpc) is 2.83. The van der Waals surface area contributed by atoms with E-state index in [0.717, 1.165) is 36.5 Å². The van der Waals surface area contributed by atoms with Gasteiger partial charge in [-0.2, -0.15) is 0 Å². The van der Waals surface area contributed by atoms with Gasteiger partial charge in [-0.3, -0.25) is 4.79 Å². The molecule has 0 aliphatic carbocycles. The largest absolute Gasteiger partial charge is 0.425 e. The van der Waals surface area contributed by atoms with E-state index in [1.165, 1.54) is 24.3 Å². The Labute approximate surface area is 197 Å². The van der Waals surface area contributed by atoms with Crippen molar-refractivity contribution in [3.8, 4) is 5.75 Å². The number of rotatable bonds is 5. The molecule has 0 spiro atoms. The van der Waals surface area contributed by atoms with Gasteiger partial charge < -0.3 is 4.74 Å².